The largest absolute Gasteiger partial charge is 0.0890 e. The molecule has 0 N–H and O–H groups in total. The molecule has 54 valence electrons. The fourth-order valence-corrected chi connectivity index (χ4v) is 3.10. The van der Waals surface area contributed by atoms with E-state index in [1.807, 2.05) is 0 Å². The third kappa shape index (κ3) is 2.23. The Morgan fingerprint density at radius 1 is 1.22 bits per heavy atom. The summed E-state index contributed by atoms with van der Waals surface area (Å²) >= 11 is 7.29. The van der Waals surface area contributed by atoms with Gasteiger partial charge in [-0.1, -0.05) is 38.8 Å². The number of alkyl halides is 2. The Kier molecular flexibility index (Phi) is 3.03. The van der Waals surface area contributed by atoms with E-state index in [1.54, 1.807) is 0 Å². The zero-order valence-electron chi connectivity index (χ0n) is 5.61. The molecule has 3 unspecified atom stereocenters. The average molecular weight is 256 g/mol. The molecule has 0 spiro atoms. The molecule has 0 radical (unpaired) electrons. The summed E-state index contributed by atoms with van der Waals surface area (Å²) in [4.78, 5) is 1.51. The number of hydrogen-bond acceptors (Lipinski definition) is 0. The molecule has 2 heteroatoms. The van der Waals surface area contributed by atoms with Gasteiger partial charge in [0.15, 0.2) is 0 Å². The van der Waals surface area contributed by atoms with Crippen molar-refractivity contribution in [3.05, 3.63) is 0 Å². The molecular formula is C7H12Br2. The highest BCUT2D eigenvalue weighted by Gasteiger charge is 2.23. The maximum atomic E-state index is 3.66. The van der Waals surface area contributed by atoms with Crippen molar-refractivity contribution in [1.29, 1.82) is 0 Å². The van der Waals surface area contributed by atoms with Crippen LogP contribution in [0.4, 0.5) is 0 Å². The van der Waals surface area contributed by atoms with Crippen LogP contribution in [0.1, 0.15) is 26.2 Å². The Labute approximate surface area is 73.7 Å². The van der Waals surface area contributed by atoms with Gasteiger partial charge in [0.1, 0.15) is 0 Å². The highest BCUT2D eigenvalue weighted by Crippen LogP contribution is 2.32. The molecule has 0 nitrogen and oxygen atoms in total. The van der Waals surface area contributed by atoms with Crippen molar-refractivity contribution in [3.8, 4) is 0 Å². The second-order valence-corrected chi connectivity index (χ2v) is 5.37. The predicted molar refractivity (Wildman–Crippen MR) is 48.4 cm³/mol. The summed E-state index contributed by atoms with van der Waals surface area (Å²) in [6, 6.07) is 0. The third-order valence-corrected chi connectivity index (χ3v) is 4.14. The maximum Gasteiger partial charge on any atom is 0.0182 e. The van der Waals surface area contributed by atoms with Crippen LogP contribution in [0.2, 0.25) is 0 Å². The van der Waals surface area contributed by atoms with Crippen LogP contribution in [0.5, 0.6) is 0 Å². The van der Waals surface area contributed by atoms with Gasteiger partial charge < -0.3 is 0 Å². The van der Waals surface area contributed by atoms with Crippen LogP contribution in [0, 0.1) is 5.92 Å². The summed E-state index contributed by atoms with van der Waals surface area (Å²) in [5, 5.41) is 0. The van der Waals surface area contributed by atoms with Crippen molar-refractivity contribution < 1.29 is 0 Å². The summed E-state index contributed by atoms with van der Waals surface area (Å²) in [7, 11) is 0. The Bertz CT molecular complexity index is 92.9. The van der Waals surface area contributed by atoms with Gasteiger partial charge in [0.25, 0.3) is 0 Å². The monoisotopic (exact) mass is 254 g/mol. The van der Waals surface area contributed by atoms with Crippen LogP contribution in [0.15, 0.2) is 0 Å². The molecule has 0 aliphatic heterocycles. The molecule has 0 aromatic carbocycles. The zero-order chi connectivity index (χ0) is 6.85. The Hall–Kier alpha value is 0.960. The first kappa shape index (κ1) is 8.06. The van der Waals surface area contributed by atoms with Gasteiger partial charge >= 0.3 is 0 Å². The van der Waals surface area contributed by atoms with E-state index in [4.69, 9.17) is 0 Å². The Balaban J connectivity index is 2.35. The molecule has 1 saturated carbocycles. The molecule has 1 aliphatic carbocycles. The van der Waals surface area contributed by atoms with Gasteiger partial charge in [-0.3, -0.25) is 0 Å². The second kappa shape index (κ2) is 3.38. The van der Waals surface area contributed by atoms with Crippen LogP contribution in [-0.4, -0.2) is 9.65 Å². The van der Waals surface area contributed by atoms with Crippen molar-refractivity contribution in [2.45, 2.75) is 35.8 Å². The summed E-state index contributed by atoms with van der Waals surface area (Å²) < 4.78 is 0. The van der Waals surface area contributed by atoms with Gasteiger partial charge in [-0.25, -0.2) is 0 Å². The van der Waals surface area contributed by atoms with Crippen LogP contribution in [0.25, 0.3) is 0 Å². The standard InChI is InChI=1S/C7H12Br2/c1-5-2-3-6(8)4-7(5)9/h5-7H,2-4H2,1H3. The fraction of sp³-hybridized carbons (Fsp3) is 1.00. The van der Waals surface area contributed by atoms with E-state index in [1.165, 1.54) is 19.3 Å². The molecule has 0 saturated heterocycles. The van der Waals surface area contributed by atoms with Gasteiger partial charge in [-0.2, -0.15) is 0 Å². The molecule has 1 aliphatic rings. The minimum absolute atomic E-state index is 0.746. The van der Waals surface area contributed by atoms with E-state index < -0.39 is 0 Å². The van der Waals surface area contributed by atoms with Gasteiger partial charge in [-0.15, -0.1) is 0 Å². The van der Waals surface area contributed by atoms with E-state index in [2.05, 4.69) is 38.8 Å². The summed E-state index contributed by atoms with van der Waals surface area (Å²) in [6.07, 6.45) is 4.01. The molecule has 0 aromatic rings. The summed E-state index contributed by atoms with van der Waals surface area (Å²) in [5.41, 5.74) is 0. The summed E-state index contributed by atoms with van der Waals surface area (Å²) in [6.45, 7) is 2.32. The lowest BCUT2D eigenvalue weighted by Crippen LogP contribution is -2.22. The minimum atomic E-state index is 0.746. The second-order valence-electron chi connectivity index (χ2n) is 2.90. The third-order valence-electron chi connectivity index (χ3n) is 2.03. The normalized spacial score (nSPS) is 45.0. The maximum absolute atomic E-state index is 3.66. The molecule has 1 fully saturated rings. The van der Waals surface area contributed by atoms with E-state index in [-0.39, 0.29) is 0 Å². The highest BCUT2D eigenvalue weighted by atomic mass is 79.9. The molecule has 0 amide bonds. The fourth-order valence-electron chi connectivity index (χ4n) is 1.22. The first-order chi connectivity index (χ1) is 4.20. The van der Waals surface area contributed by atoms with Crippen LogP contribution in [-0.2, 0) is 0 Å². The topological polar surface area (TPSA) is 0 Å². The lowest BCUT2D eigenvalue weighted by atomic mass is 9.91. The molecular weight excluding hydrogens is 244 g/mol. The first-order valence-electron chi connectivity index (χ1n) is 3.48. The zero-order valence-corrected chi connectivity index (χ0v) is 8.78. The molecule has 1 rings (SSSR count). The van der Waals surface area contributed by atoms with Crippen molar-refractivity contribution >= 4 is 31.9 Å². The highest BCUT2D eigenvalue weighted by molar-refractivity contribution is 9.10. The number of rotatable bonds is 0. The van der Waals surface area contributed by atoms with Crippen LogP contribution >= 0.6 is 31.9 Å². The molecule has 0 aromatic heterocycles. The Morgan fingerprint density at radius 2 is 1.89 bits per heavy atom. The van der Waals surface area contributed by atoms with Crippen LogP contribution in [0.3, 0.4) is 0 Å². The van der Waals surface area contributed by atoms with Crippen LogP contribution < -0.4 is 0 Å². The predicted octanol–water partition coefficient (Wildman–Crippen LogP) is 3.33. The molecule has 0 bridgehead atoms. The minimum Gasteiger partial charge on any atom is -0.0890 e. The first-order valence-corrected chi connectivity index (χ1v) is 5.31. The van der Waals surface area contributed by atoms with Gasteiger partial charge in [-0.05, 0) is 25.2 Å². The van der Waals surface area contributed by atoms with Crippen molar-refractivity contribution in [2.24, 2.45) is 5.92 Å². The number of hydrogen-bond donors (Lipinski definition) is 0. The van der Waals surface area contributed by atoms with E-state index in [0.29, 0.717) is 0 Å². The quantitative estimate of drug-likeness (QED) is 0.583. The van der Waals surface area contributed by atoms with E-state index in [0.717, 1.165) is 15.6 Å². The molecule has 0 heterocycles. The lowest BCUT2D eigenvalue weighted by molar-refractivity contribution is 0.414. The van der Waals surface area contributed by atoms with Gasteiger partial charge in [0.2, 0.25) is 0 Å². The van der Waals surface area contributed by atoms with Crippen molar-refractivity contribution in [1.82, 2.24) is 0 Å². The number of halogens is 2. The summed E-state index contributed by atoms with van der Waals surface area (Å²) in [5.74, 6) is 0.874. The Morgan fingerprint density at radius 3 is 2.33 bits per heavy atom. The van der Waals surface area contributed by atoms with E-state index >= 15 is 0 Å². The molecule has 9 heavy (non-hydrogen) atoms. The molecule has 3 atom stereocenters. The van der Waals surface area contributed by atoms with Gasteiger partial charge in [0, 0.05) is 9.65 Å². The van der Waals surface area contributed by atoms with E-state index in [9.17, 15) is 0 Å². The lowest BCUT2D eigenvalue weighted by Gasteiger charge is -2.27. The smallest absolute Gasteiger partial charge is 0.0182 e. The van der Waals surface area contributed by atoms with Crippen molar-refractivity contribution in [3.63, 3.8) is 0 Å². The average Bonchev–Trinajstić information content (AvgIpc) is 1.80. The van der Waals surface area contributed by atoms with Gasteiger partial charge in [0.05, 0.1) is 0 Å². The van der Waals surface area contributed by atoms with Crippen molar-refractivity contribution in [2.75, 3.05) is 0 Å². The SMILES string of the molecule is CC1CCC(Br)CC1Br.